The van der Waals surface area contributed by atoms with Crippen molar-refractivity contribution in [2.75, 3.05) is 7.05 Å². The zero-order valence-corrected chi connectivity index (χ0v) is 10.9. The van der Waals surface area contributed by atoms with Crippen LogP contribution in [0.15, 0.2) is 24.4 Å². The number of hydrogen-bond acceptors (Lipinski definition) is 3. The van der Waals surface area contributed by atoms with Crippen molar-refractivity contribution < 1.29 is 8.78 Å². The first-order valence-electron chi connectivity index (χ1n) is 6.05. The molecule has 2 rings (SSSR count). The lowest BCUT2D eigenvalue weighted by atomic mass is 10.0. The SMILES string of the molecule is CNC(Cc1cn(C)nn1)Cc1c(F)cccc1F. The van der Waals surface area contributed by atoms with E-state index >= 15 is 0 Å². The Morgan fingerprint density at radius 3 is 2.47 bits per heavy atom. The van der Waals surface area contributed by atoms with E-state index in [1.54, 1.807) is 25.0 Å². The molecule has 1 atom stereocenters. The van der Waals surface area contributed by atoms with Crippen molar-refractivity contribution >= 4 is 0 Å². The summed E-state index contributed by atoms with van der Waals surface area (Å²) in [4.78, 5) is 0. The van der Waals surface area contributed by atoms with Crippen LogP contribution < -0.4 is 5.32 Å². The molecule has 0 fully saturated rings. The van der Waals surface area contributed by atoms with Crippen molar-refractivity contribution in [3.63, 3.8) is 0 Å². The van der Waals surface area contributed by atoms with Crippen LogP contribution >= 0.6 is 0 Å². The summed E-state index contributed by atoms with van der Waals surface area (Å²) < 4.78 is 28.8. The van der Waals surface area contributed by atoms with Crippen LogP contribution in [-0.4, -0.2) is 28.1 Å². The highest BCUT2D eigenvalue weighted by molar-refractivity contribution is 5.21. The minimum atomic E-state index is -0.514. The van der Waals surface area contributed by atoms with Gasteiger partial charge in [0.15, 0.2) is 0 Å². The van der Waals surface area contributed by atoms with Crippen molar-refractivity contribution in [1.82, 2.24) is 20.3 Å². The largest absolute Gasteiger partial charge is 0.316 e. The molecule has 1 heterocycles. The van der Waals surface area contributed by atoms with E-state index in [1.165, 1.54) is 18.2 Å². The van der Waals surface area contributed by atoms with Gasteiger partial charge < -0.3 is 5.32 Å². The molecule has 4 nitrogen and oxygen atoms in total. The van der Waals surface area contributed by atoms with Crippen LogP contribution in [0.1, 0.15) is 11.3 Å². The van der Waals surface area contributed by atoms with E-state index in [4.69, 9.17) is 0 Å². The molecule has 1 unspecified atom stereocenters. The highest BCUT2D eigenvalue weighted by atomic mass is 19.1. The predicted octanol–water partition coefficient (Wildman–Crippen LogP) is 1.47. The van der Waals surface area contributed by atoms with Crippen LogP contribution in [0, 0.1) is 11.6 Å². The van der Waals surface area contributed by atoms with Gasteiger partial charge in [0.1, 0.15) is 11.6 Å². The van der Waals surface area contributed by atoms with Crippen molar-refractivity contribution in [3.8, 4) is 0 Å². The third kappa shape index (κ3) is 3.35. The molecule has 0 spiro atoms. The molecule has 0 aliphatic heterocycles. The Labute approximate surface area is 110 Å². The second-order valence-corrected chi connectivity index (χ2v) is 4.48. The molecule has 19 heavy (non-hydrogen) atoms. The summed E-state index contributed by atoms with van der Waals surface area (Å²) >= 11 is 0. The number of halogens is 2. The Bertz CT molecular complexity index is 533. The third-order valence-electron chi connectivity index (χ3n) is 3.03. The monoisotopic (exact) mass is 266 g/mol. The first kappa shape index (κ1) is 13.6. The molecule has 0 saturated carbocycles. The van der Waals surface area contributed by atoms with E-state index in [2.05, 4.69) is 15.6 Å². The Balaban J connectivity index is 2.11. The fourth-order valence-electron chi connectivity index (χ4n) is 1.99. The quantitative estimate of drug-likeness (QED) is 0.891. The first-order chi connectivity index (χ1) is 9.10. The third-order valence-corrected chi connectivity index (χ3v) is 3.03. The van der Waals surface area contributed by atoms with Gasteiger partial charge >= 0.3 is 0 Å². The van der Waals surface area contributed by atoms with E-state index in [1.807, 2.05) is 0 Å². The summed E-state index contributed by atoms with van der Waals surface area (Å²) in [7, 11) is 3.54. The summed E-state index contributed by atoms with van der Waals surface area (Å²) in [5.74, 6) is -1.03. The van der Waals surface area contributed by atoms with Gasteiger partial charge in [-0.15, -0.1) is 5.10 Å². The number of aromatic nitrogens is 3. The molecule has 0 radical (unpaired) electrons. The number of aryl methyl sites for hydroxylation is 1. The molecule has 0 aliphatic rings. The highest BCUT2D eigenvalue weighted by Crippen LogP contribution is 2.15. The lowest BCUT2D eigenvalue weighted by molar-refractivity contribution is 0.499. The van der Waals surface area contributed by atoms with Gasteiger partial charge in [0.25, 0.3) is 0 Å². The fourth-order valence-corrected chi connectivity index (χ4v) is 1.99. The van der Waals surface area contributed by atoms with Crippen molar-refractivity contribution in [2.45, 2.75) is 18.9 Å². The second kappa shape index (κ2) is 5.88. The zero-order chi connectivity index (χ0) is 13.8. The van der Waals surface area contributed by atoms with Crippen LogP contribution in [0.5, 0.6) is 0 Å². The van der Waals surface area contributed by atoms with Gasteiger partial charge in [-0.2, -0.15) is 0 Å². The predicted molar refractivity (Wildman–Crippen MR) is 67.6 cm³/mol. The Hall–Kier alpha value is -1.82. The molecule has 102 valence electrons. The number of benzene rings is 1. The molecule has 0 saturated heterocycles. The van der Waals surface area contributed by atoms with E-state index in [-0.39, 0.29) is 18.0 Å². The second-order valence-electron chi connectivity index (χ2n) is 4.48. The average Bonchev–Trinajstić information content (AvgIpc) is 2.78. The number of nitrogens with one attached hydrogen (secondary N) is 1. The average molecular weight is 266 g/mol. The van der Waals surface area contributed by atoms with Gasteiger partial charge in [-0.05, 0) is 25.6 Å². The Kier molecular flexibility index (Phi) is 4.21. The van der Waals surface area contributed by atoms with Crippen LogP contribution in [-0.2, 0) is 19.9 Å². The highest BCUT2D eigenvalue weighted by Gasteiger charge is 2.16. The molecule has 1 aromatic heterocycles. The number of likely N-dealkylation sites (N-methyl/N-ethyl adjacent to an activating group) is 1. The molecule has 0 amide bonds. The molecule has 1 N–H and O–H groups in total. The molecule has 6 heteroatoms. The van der Waals surface area contributed by atoms with Crippen molar-refractivity contribution in [3.05, 3.63) is 47.3 Å². The van der Waals surface area contributed by atoms with Gasteiger partial charge in [-0.3, -0.25) is 4.68 Å². The molecule has 0 aliphatic carbocycles. The Morgan fingerprint density at radius 1 is 1.26 bits per heavy atom. The fraction of sp³-hybridized carbons (Fsp3) is 0.385. The van der Waals surface area contributed by atoms with E-state index in [0.717, 1.165) is 5.69 Å². The number of rotatable bonds is 5. The van der Waals surface area contributed by atoms with Crippen molar-refractivity contribution in [2.24, 2.45) is 7.05 Å². The zero-order valence-electron chi connectivity index (χ0n) is 10.9. The van der Waals surface area contributed by atoms with Crippen molar-refractivity contribution in [1.29, 1.82) is 0 Å². The maximum atomic E-state index is 13.6. The number of nitrogens with zero attached hydrogens (tertiary/aromatic N) is 3. The number of hydrogen-bond donors (Lipinski definition) is 1. The van der Waals surface area contributed by atoms with Crippen LogP contribution in [0.25, 0.3) is 0 Å². The molecule has 0 bridgehead atoms. The maximum absolute atomic E-state index is 13.6. The minimum Gasteiger partial charge on any atom is -0.316 e. The summed E-state index contributed by atoms with van der Waals surface area (Å²) in [6, 6.07) is 3.81. The van der Waals surface area contributed by atoms with Gasteiger partial charge in [0, 0.05) is 31.3 Å². The van der Waals surface area contributed by atoms with Crippen LogP contribution in [0.3, 0.4) is 0 Å². The summed E-state index contributed by atoms with van der Waals surface area (Å²) in [6.45, 7) is 0. The van der Waals surface area contributed by atoms with E-state index < -0.39 is 11.6 Å². The van der Waals surface area contributed by atoms with E-state index in [0.29, 0.717) is 6.42 Å². The lowest BCUT2D eigenvalue weighted by Crippen LogP contribution is -2.30. The standard InChI is InChI=1S/C13H16F2N4/c1-16-9(6-10-8-19(2)18-17-10)7-11-12(14)4-3-5-13(11)15/h3-5,8-9,16H,6-7H2,1-2H3. The van der Waals surface area contributed by atoms with E-state index in [9.17, 15) is 8.78 Å². The van der Waals surface area contributed by atoms with Gasteiger partial charge in [-0.25, -0.2) is 8.78 Å². The summed E-state index contributed by atoms with van der Waals surface area (Å²) in [6.07, 6.45) is 2.63. The summed E-state index contributed by atoms with van der Waals surface area (Å²) in [5.41, 5.74) is 0.893. The smallest absolute Gasteiger partial charge is 0.129 e. The minimum absolute atomic E-state index is 0.0944. The lowest BCUT2D eigenvalue weighted by Gasteiger charge is -2.15. The molecule has 1 aromatic carbocycles. The molecular weight excluding hydrogens is 250 g/mol. The first-order valence-corrected chi connectivity index (χ1v) is 6.05. The summed E-state index contributed by atoms with van der Waals surface area (Å²) in [5, 5.41) is 10.9. The van der Waals surface area contributed by atoms with Gasteiger partial charge in [0.2, 0.25) is 0 Å². The topological polar surface area (TPSA) is 42.7 Å². The van der Waals surface area contributed by atoms with Gasteiger partial charge in [0.05, 0.1) is 5.69 Å². The van der Waals surface area contributed by atoms with Gasteiger partial charge in [-0.1, -0.05) is 11.3 Å². The maximum Gasteiger partial charge on any atom is 0.129 e. The Morgan fingerprint density at radius 2 is 1.95 bits per heavy atom. The van der Waals surface area contributed by atoms with Crippen LogP contribution in [0.4, 0.5) is 8.78 Å². The molecule has 2 aromatic rings. The molecular formula is C13H16F2N4. The normalized spacial score (nSPS) is 12.6. The van der Waals surface area contributed by atoms with Crippen LogP contribution in [0.2, 0.25) is 0 Å².